The lowest BCUT2D eigenvalue weighted by atomic mass is 10.6. The Labute approximate surface area is 103 Å². The van der Waals surface area contributed by atoms with Crippen LogP contribution in [0, 0.1) is 6.92 Å². The Morgan fingerprint density at radius 3 is 2.71 bits per heavy atom. The number of sulfonamides is 1. The van der Waals surface area contributed by atoms with Gasteiger partial charge in [0.15, 0.2) is 9.34 Å². The Bertz CT molecular complexity index is 509. The topological polar surface area (TPSA) is 111 Å². The zero-order chi connectivity index (χ0) is 13.1. The lowest BCUT2D eigenvalue weighted by Crippen LogP contribution is -2.18. The van der Waals surface area contributed by atoms with E-state index in [0.717, 1.165) is 11.3 Å². The van der Waals surface area contributed by atoms with Crippen LogP contribution in [0.25, 0.3) is 0 Å². The first-order valence-corrected chi connectivity index (χ1v) is 7.08. The summed E-state index contributed by atoms with van der Waals surface area (Å²) in [4.78, 5) is 15.2. The first-order chi connectivity index (χ1) is 7.84. The Hall–Kier alpha value is -1.03. The highest BCUT2D eigenvalue weighted by Crippen LogP contribution is 2.25. The molecule has 1 heterocycles. The fourth-order valence-electron chi connectivity index (χ4n) is 1.05. The van der Waals surface area contributed by atoms with E-state index in [9.17, 15) is 13.2 Å². The summed E-state index contributed by atoms with van der Waals surface area (Å²) in [5.41, 5.74) is 0.268. The molecule has 96 valence electrons. The minimum absolute atomic E-state index is 0.0517. The molecule has 0 saturated carbocycles. The van der Waals surface area contributed by atoms with Gasteiger partial charge < -0.3 is 4.74 Å². The number of hydrogen-bond acceptors (Lipinski definition) is 6. The molecule has 0 saturated heterocycles. The lowest BCUT2D eigenvalue weighted by molar-refractivity contribution is -0.120. The number of nitrogens with zero attached hydrogens (tertiary/aromatic N) is 1. The number of primary sulfonamides is 1. The minimum atomic E-state index is -3.79. The van der Waals surface area contributed by atoms with Crippen LogP contribution in [0.5, 0.6) is 0 Å². The van der Waals surface area contributed by atoms with E-state index in [4.69, 9.17) is 9.88 Å². The molecule has 0 bridgehead atoms. The number of anilines is 1. The molecule has 0 aliphatic heterocycles. The summed E-state index contributed by atoms with van der Waals surface area (Å²) in [6.07, 6.45) is 0. The second-order valence-corrected chi connectivity index (χ2v) is 5.88. The number of thiazole rings is 1. The molecule has 7 nitrogen and oxygen atoms in total. The van der Waals surface area contributed by atoms with Gasteiger partial charge in [0.1, 0.15) is 6.61 Å². The van der Waals surface area contributed by atoms with Gasteiger partial charge in [0, 0.05) is 6.61 Å². The second kappa shape index (κ2) is 5.54. The average Bonchev–Trinajstić information content (AvgIpc) is 2.56. The van der Waals surface area contributed by atoms with Crippen LogP contribution in [0.1, 0.15) is 12.6 Å². The maximum Gasteiger partial charge on any atom is 0.252 e. The van der Waals surface area contributed by atoms with E-state index in [0.29, 0.717) is 6.61 Å². The van der Waals surface area contributed by atoms with Crippen molar-refractivity contribution < 1.29 is 17.9 Å². The Balaban J connectivity index is 2.78. The number of ether oxygens (including phenoxy) is 1. The van der Waals surface area contributed by atoms with Gasteiger partial charge >= 0.3 is 0 Å². The fourth-order valence-corrected chi connectivity index (χ4v) is 2.93. The molecule has 1 rings (SSSR count). The average molecular weight is 279 g/mol. The highest BCUT2D eigenvalue weighted by molar-refractivity contribution is 7.91. The van der Waals surface area contributed by atoms with Crippen LogP contribution in [-0.2, 0) is 19.6 Å². The molecule has 0 radical (unpaired) electrons. The van der Waals surface area contributed by atoms with Crippen LogP contribution >= 0.6 is 11.3 Å². The summed E-state index contributed by atoms with van der Waals surface area (Å²) in [5, 5.41) is 7.61. The number of nitrogens with one attached hydrogen (secondary N) is 1. The van der Waals surface area contributed by atoms with E-state index in [-0.39, 0.29) is 27.5 Å². The van der Waals surface area contributed by atoms with Crippen LogP contribution in [0.3, 0.4) is 0 Å². The number of rotatable bonds is 5. The smallest absolute Gasteiger partial charge is 0.252 e. The molecule has 1 aromatic rings. The maximum atomic E-state index is 11.3. The van der Waals surface area contributed by atoms with Crippen molar-refractivity contribution in [3.63, 3.8) is 0 Å². The van der Waals surface area contributed by atoms with Crippen molar-refractivity contribution in [1.29, 1.82) is 0 Å². The number of aryl methyl sites for hydroxylation is 1. The van der Waals surface area contributed by atoms with Crippen molar-refractivity contribution in [3.05, 3.63) is 5.69 Å². The standard InChI is InChI=1S/C8H13N3O4S2/c1-3-15-4-6(12)11-8-10-5(2)7(16-8)17(9,13)14/h3-4H2,1-2H3,(H2,9,13,14)(H,10,11,12). The van der Waals surface area contributed by atoms with Gasteiger partial charge in [-0.15, -0.1) is 0 Å². The molecule has 1 aromatic heterocycles. The number of carbonyl (C=O) groups excluding carboxylic acids is 1. The van der Waals surface area contributed by atoms with Gasteiger partial charge in [-0.1, -0.05) is 11.3 Å². The lowest BCUT2D eigenvalue weighted by Gasteiger charge is -2.00. The molecular weight excluding hydrogens is 266 g/mol. The van der Waals surface area contributed by atoms with E-state index in [2.05, 4.69) is 10.3 Å². The van der Waals surface area contributed by atoms with Crippen molar-refractivity contribution >= 4 is 32.4 Å². The van der Waals surface area contributed by atoms with Crippen molar-refractivity contribution in [1.82, 2.24) is 4.98 Å². The van der Waals surface area contributed by atoms with Crippen LogP contribution in [-0.4, -0.2) is 32.5 Å². The first-order valence-electron chi connectivity index (χ1n) is 4.72. The third kappa shape index (κ3) is 4.04. The SMILES string of the molecule is CCOCC(=O)Nc1nc(C)c(S(N)(=O)=O)s1. The minimum Gasteiger partial charge on any atom is -0.372 e. The molecular formula is C8H13N3O4S2. The molecule has 0 atom stereocenters. The molecule has 17 heavy (non-hydrogen) atoms. The van der Waals surface area contributed by atoms with E-state index >= 15 is 0 Å². The van der Waals surface area contributed by atoms with E-state index < -0.39 is 10.0 Å². The molecule has 1 amide bonds. The van der Waals surface area contributed by atoms with Crippen molar-refractivity contribution in [2.75, 3.05) is 18.5 Å². The van der Waals surface area contributed by atoms with Crippen molar-refractivity contribution in [2.45, 2.75) is 18.1 Å². The van der Waals surface area contributed by atoms with Crippen molar-refractivity contribution in [2.24, 2.45) is 5.14 Å². The Morgan fingerprint density at radius 1 is 1.59 bits per heavy atom. The van der Waals surface area contributed by atoms with Gasteiger partial charge in [0.25, 0.3) is 5.91 Å². The Kier molecular flexibility index (Phi) is 4.57. The summed E-state index contributed by atoms with van der Waals surface area (Å²) in [6.45, 7) is 3.60. The second-order valence-electron chi connectivity index (χ2n) is 3.12. The Morgan fingerprint density at radius 2 is 2.24 bits per heavy atom. The normalized spacial score (nSPS) is 11.5. The van der Waals surface area contributed by atoms with Crippen LogP contribution in [0.15, 0.2) is 4.21 Å². The van der Waals surface area contributed by atoms with Crippen LogP contribution in [0.2, 0.25) is 0 Å². The molecule has 0 aromatic carbocycles. The van der Waals surface area contributed by atoms with Crippen molar-refractivity contribution in [3.8, 4) is 0 Å². The zero-order valence-electron chi connectivity index (χ0n) is 9.39. The predicted octanol–water partition coefficient (Wildman–Crippen LogP) is 0.0739. The third-order valence-electron chi connectivity index (χ3n) is 1.70. The first kappa shape index (κ1) is 14.0. The predicted molar refractivity (Wildman–Crippen MR) is 63.3 cm³/mol. The van der Waals surface area contributed by atoms with Gasteiger partial charge in [-0.25, -0.2) is 18.5 Å². The van der Waals surface area contributed by atoms with Gasteiger partial charge in [-0.05, 0) is 13.8 Å². The van der Waals surface area contributed by atoms with E-state index in [1.165, 1.54) is 6.92 Å². The number of nitrogens with two attached hydrogens (primary N) is 1. The third-order valence-corrected chi connectivity index (χ3v) is 4.32. The molecule has 3 N–H and O–H groups in total. The fraction of sp³-hybridized carbons (Fsp3) is 0.500. The molecule has 0 fully saturated rings. The largest absolute Gasteiger partial charge is 0.372 e. The highest BCUT2D eigenvalue weighted by Gasteiger charge is 2.18. The summed E-state index contributed by atoms with van der Waals surface area (Å²) >= 11 is 0.817. The van der Waals surface area contributed by atoms with Crippen LogP contribution < -0.4 is 10.5 Å². The van der Waals surface area contributed by atoms with Gasteiger partial charge in [-0.3, -0.25) is 10.1 Å². The molecule has 0 aliphatic carbocycles. The van der Waals surface area contributed by atoms with Gasteiger partial charge in [0.2, 0.25) is 10.0 Å². The number of hydrogen-bond donors (Lipinski definition) is 2. The summed E-state index contributed by atoms with van der Waals surface area (Å²) in [5.74, 6) is -0.387. The maximum absolute atomic E-state index is 11.3. The monoisotopic (exact) mass is 279 g/mol. The summed E-state index contributed by atoms with van der Waals surface area (Å²) in [7, 11) is -3.79. The molecule has 0 unspecified atom stereocenters. The van der Waals surface area contributed by atoms with Crippen LogP contribution in [0.4, 0.5) is 5.13 Å². The van der Waals surface area contributed by atoms with Gasteiger partial charge in [0.05, 0.1) is 5.69 Å². The van der Waals surface area contributed by atoms with E-state index in [1.807, 2.05) is 0 Å². The molecule has 9 heteroatoms. The quantitative estimate of drug-likeness (QED) is 0.792. The molecule has 0 spiro atoms. The van der Waals surface area contributed by atoms with Gasteiger partial charge in [-0.2, -0.15) is 0 Å². The zero-order valence-corrected chi connectivity index (χ0v) is 11.0. The summed E-state index contributed by atoms with van der Waals surface area (Å²) in [6, 6.07) is 0. The highest BCUT2D eigenvalue weighted by atomic mass is 32.2. The number of carbonyl (C=O) groups is 1. The molecule has 0 aliphatic rings. The number of aromatic nitrogens is 1. The van der Waals surface area contributed by atoms with E-state index in [1.54, 1.807) is 6.92 Å². The number of amides is 1. The summed E-state index contributed by atoms with van der Waals surface area (Å²) < 4.78 is 27.1.